The molecular formula is C4H2Cl3F3. The Bertz CT molecular complexity index is 148. The van der Waals surface area contributed by atoms with Gasteiger partial charge in [0.05, 0.1) is 5.03 Å². The minimum Gasteiger partial charge on any atom is -0.211 e. The van der Waals surface area contributed by atoms with Crippen LogP contribution in [0.1, 0.15) is 0 Å². The SMILES string of the molecule is C=C(Cl)[C@](F)(Cl)C(F)(F)Cl. The maximum absolute atomic E-state index is 12.4. The fourth-order valence-corrected chi connectivity index (χ4v) is 0.435. The van der Waals surface area contributed by atoms with Crippen LogP contribution in [0.25, 0.3) is 0 Å². The third-order valence-electron chi connectivity index (χ3n) is 0.697. The molecule has 0 saturated heterocycles. The average molecular weight is 213 g/mol. The van der Waals surface area contributed by atoms with Gasteiger partial charge >= 0.3 is 5.38 Å². The second-order valence-electron chi connectivity index (χ2n) is 1.48. The van der Waals surface area contributed by atoms with Crippen LogP contribution in [-0.2, 0) is 0 Å². The Kier molecular flexibility index (Phi) is 2.91. The van der Waals surface area contributed by atoms with Crippen molar-refractivity contribution in [2.24, 2.45) is 0 Å². The minimum absolute atomic E-state index is 1.05. The van der Waals surface area contributed by atoms with Crippen molar-refractivity contribution in [3.63, 3.8) is 0 Å². The summed E-state index contributed by atoms with van der Waals surface area (Å²) in [6.07, 6.45) is 0. The molecule has 0 rings (SSSR count). The predicted molar refractivity (Wildman–Crippen MR) is 35.5 cm³/mol. The van der Waals surface area contributed by atoms with Gasteiger partial charge in [-0.3, -0.25) is 0 Å². The van der Waals surface area contributed by atoms with Gasteiger partial charge in [-0.05, 0) is 11.6 Å². The van der Waals surface area contributed by atoms with Crippen LogP contribution in [0.5, 0.6) is 0 Å². The lowest BCUT2D eigenvalue weighted by atomic mass is 10.4. The fraction of sp³-hybridized carbons (Fsp3) is 0.500. The van der Waals surface area contributed by atoms with E-state index < -0.39 is 15.5 Å². The number of halogens is 6. The summed E-state index contributed by atoms with van der Waals surface area (Å²) in [6, 6.07) is 0. The van der Waals surface area contributed by atoms with Crippen LogP contribution in [0.15, 0.2) is 11.6 Å². The lowest BCUT2D eigenvalue weighted by Gasteiger charge is -2.20. The highest BCUT2D eigenvalue weighted by Crippen LogP contribution is 2.45. The van der Waals surface area contributed by atoms with E-state index in [1.54, 1.807) is 0 Å². The first-order chi connectivity index (χ1) is 4.19. The van der Waals surface area contributed by atoms with Crippen LogP contribution in [-0.4, -0.2) is 10.5 Å². The monoisotopic (exact) mass is 212 g/mol. The molecule has 0 nitrogen and oxygen atoms in total. The number of hydrogen-bond acceptors (Lipinski definition) is 0. The average Bonchev–Trinajstić information content (AvgIpc) is 1.62. The van der Waals surface area contributed by atoms with E-state index in [1.807, 2.05) is 0 Å². The van der Waals surface area contributed by atoms with Crippen LogP contribution in [0.2, 0.25) is 0 Å². The van der Waals surface area contributed by atoms with Crippen LogP contribution in [0.3, 0.4) is 0 Å². The van der Waals surface area contributed by atoms with Gasteiger partial charge in [-0.1, -0.05) is 29.8 Å². The first-order valence-corrected chi connectivity index (χ1v) is 3.12. The Morgan fingerprint density at radius 1 is 1.20 bits per heavy atom. The molecule has 0 spiro atoms. The summed E-state index contributed by atoms with van der Waals surface area (Å²) in [5.41, 5.74) is 0. The van der Waals surface area contributed by atoms with Gasteiger partial charge < -0.3 is 0 Å². The van der Waals surface area contributed by atoms with E-state index in [2.05, 4.69) is 29.8 Å². The van der Waals surface area contributed by atoms with Crippen molar-refractivity contribution in [1.29, 1.82) is 0 Å². The van der Waals surface area contributed by atoms with Crippen molar-refractivity contribution in [3.8, 4) is 0 Å². The third kappa shape index (κ3) is 1.94. The van der Waals surface area contributed by atoms with E-state index in [4.69, 9.17) is 11.6 Å². The van der Waals surface area contributed by atoms with Gasteiger partial charge in [0, 0.05) is 0 Å². The first-order valence-electron chi connectivity index (χ1n) is 1.99. The van der Waals surface area contributed by atoms with E-state index in [0.717, 1.165) is 0 Å². The molecule has 10 heavy (non-hydrogen) atoms. The molecule has 0 aliphatic heterocycles. The molecular weight excluding hydrogens is 211 g/mol. The summed E-state index contributed by atoms with van der Waals surface area (Å²) < 4.78 is 36.1. The van der Waals surface area contributed by atoms with Crippen molar-refractivity contribution in [1.82, 2.24) is 0 Å². The largest absolute Gasteiger partial charge is 0.374 e. The van der Waals surface area contributed by atoms with Gasteiger partial charge in [0.2, 0.25) is 0 Å². The van der Waals surface area contributed by atoms with E-state index in [1.165, 1.54) is 0 Å². The molecule has 0 radical (unpaired) electrons. The third-order valence-corrected chi connectivity index (χ3v) is 1.88. The van der Waals surface area contributed by atoms with Crippen LogP contribution >= 0.6 is 34.8 Å². The highest BCUT2D eigenvalue weighted by atomic mass is 35.5. The number of alkyl halides is 5. The van der Waals surface area contributed by atoms with Gasteiger partial charge in [0.1, 0.15) is 0 Å². The number of hydrogen-bond donors (Lipinski definition) is 0. The van der Waals surface area contributed by atoms with Crippen molar-refractivity contribution < 1.29 is 13.2 Å². The molecule has 0 amide bonds. The van der Waals surface area contributed by atoms with Crippen molar-refractivity contribution in [2.75, 3.05) is 0 Å². The molecule has 0 aromatic rings. The summed E-state index contributed by atoms with van der Waals surface area (Å²) in [7, 11) is 0. The van der Waals surface area contributed by atoms with Gasteiger partial charge in [0.25, 0.3) is 5.13 Å². The summed E-state index contributed by atoms with van der Waals surface area (Å²) in [6.45, 7) is 2.69. The summed E-state index contributed by atoms with van der Waals surface area (Å²) >= 11 is 13.6. The Balaban J connectivity index is 4.57. The molecule has 0 aromatic heterocycles. The second-order valence-corrected chi connectivity index (χ2v) is 2.93. The summed E-state index contributed by atoms with van der Waals surface area (Å²) in [4.78, 5) is 0. The van der Waals surface area contributed by atoms with E-state index in [-0.39, 0.29) is 0 Å². The van der Waals surface area contributed by atoms with Gasteiger partial charge in [-0.25, -0.2) is 4.39 Å². The quantitative estimate of drug-likeness (QED) is 0.616. The summed E-state index contributed by atoms with van der Waals surface area (Å²) in [5.74, 6) is 0. The standard InChI is InChI=1S/C4H2Cl3F3/c1-2(5)3(6,8)4(7,9)10/h1H2/t3-/m1/s1. The Labute approximate surface area is 70.6 Å². The minimum atomic E-state index is -4.24. The van der Waals surface area contributed by atoms with Crippen LogP contribution in [0, 0.1) is 0 Å². The lowest BCUT2D eigenvalue weighted by molar-refractivity contribution is 0.00415. The van der Waals surface area contributed by atoms with E-state index in [9.17, 15) is 13.2 Å². The highest BCUT2D eigenvalue weighted by Gasteiger charge is 2.54. The maximum atomic E-state index is 12.4. The molecule has 0 N–H and O–H groups in total. The summed E-state index contributed by atoms with van der Waals surface area (Å²) in [5, 5.41) is -8.88. The zero-order valence-corrected chi connectivity index (χ0v) is 6.74. The van der Waals surface area contributed by atoms with Crippen molar-refractivity contribution in [3.05, 3.63) is 11.6 Å². The molecule has 0 unspecified atom stereocenters. The number of allylic oxidation sites excluding steroid dienone is 1. The molecule has 0 saturated carbocycles. The lowest BCUT2D eigenvalue weighted by Crippen LogP contribution is -2.34. The molecule has 0 fully saturated rings. The zero-order chi connectivity index (χ0) is 8.58. The Morgan fingerprint density at radius 2 is 1.50 bits per heavy atom. The smallest absolute Gasteiger partial charge is 0.211 e. The molecule has 1 atom stereocenters. The normalized spacial score (nSPS) is 18.2. The first kappa shape index (κ1) is 10.4. The predicted octanol–water partition coefficient (Wildman–Crippen LogP) is 3.48. The molecule has 0 aliphatic carbocycles. The Morgan fingerprint density at radius 3 is 1.50 bits per heavy atom. The van der Waals surface area contributed by atoms with E-state index >= 15 is 0 Å². The highest BCUT2D eigenvalue weighted by molar-refractivity contribution is 6.42. The fourth-order valence-electron chi connectivity index (χ4n) is 0.154. The molecule has 60 valence electrons. The molecule has 6 heteroatoms. The topological polar surface area (TPSA) is 0 Å². The maximum Gasteiger partial charge on any atom is 0.374 e. The van der Waals surface area contributed by atoms with Gasteiger partial charge in [-0.2, -0.15) is 8.78 Å². The van der Waals surface area contributed by atoms with Crippen LogP contribution in [0.4, 0.5) is 13.2 Å². The zero-order valence-electron chi connectivity index (χ0n) is 4.47. The molecule has 0 aromatic carbocycles. The molecule has 0 heterocycles. The van der Waals surface area contributed by atoms with Crippen molar-refractivity contribution >= 4 is 34.8 Å². The molecule has 0 aliphatic rings. The second kappa shape index (κ2) is 2.80. The van der Waals surface area contributed by atoms with Crippen molar-refractivity contribution in [2.45, 2.75) is 10.5 Å². The van der Waals surface area contributed by atoms with Gasteiger partial charge in [0.15, 0.2) is 0 Å². The molecule has 0 bridgehead atoms. The van der Waals surface area contributed by atoms with Crippen LogP contribution < -0.4 is 0 Å². The Hall–Kier alpha value is 0.400. The van der Waals surface area contributed by atoms with E-state index in [0.29, 0.717) is 0 Å². The van der Waals surface area contributed by atoms with Gasteiger partial charge in [-0.15, -0.1) is 0 Å². The number of rotatable bonds is 2.